The van der Waals surface area contributed by atoms with Gasteiger partial charge in [-0.15, -0.1) is 0 Å². The zero-order chi connectivity index (χ0) is 13.2. The Morgan fingerprint density at radius 2 is 2.39 bits per heavy atom. The van der Waals surface area contributed by atoms with Crippen molar-refractivity contribution in [1.29, 1.82) is 0 Å². The topological polar surface area (TPSA) is 78.3 Å². The fourth-order valence-corrected chi connectivity index (χ4v) is 2.61. The van der Waals surface area contributed by atoms with Crippen molar-refractivity contribution in [2.24, 2.45) is 0 Å². The second-order valence-electron chi connectivity index (χ2n) is 4.83. The van der Waals surface area contributed by atoms with Gasteiger partial charge in [0.1, 0.15) is 5.82 Å². The number of nitrogens with zero attached hydrogens (tertiary/aromatic N) is 2. The molecule has 18 heavy (non-hydrogen) atoms. The highest BCUT2D eigenvalue weighted by Gasteiger charge is 2.37. The summed E-state index contributed by atoms with van der Waals surface area (Å²) in [5.74, 6) is 0.629. The summed E-state index contributed by atoms with van der Waals surface area (Å²) in [4.78, 5) is 8.49. The van der Waals surface area contributed by atoms with Crippen molar-refractivity contribution < 1.29 is 10.2 Å². The minimum Gasteiger partial charge on any atom is -0.391 e. The summed E-state index contributed by atoms with van der Waals surface area (Å²) in [7, 11) is 0. The van der Waals surface area contributed by atoms with Gasteiger partial charge in [-0.2, -0.15) is 0 Å². The Kier molecular flexibility index (Phi) is 4.09. The van der Waals surface area contributed by atoms with Gasteiger partial charge in [0.25, 0.3) is 0 Å². The van der Waals surface area contributed by atoms with Crippen molar-refractivity contribution in [2.45, 2.75) is 49.6 Å². The number of aliphatic hydroxyl groups is 2. The Morgan fingerprint density at radius 1 is 1.61 bits per heavy atom. The molecular weight excluding hydrogens is 250 g/mol. The molecule has 0 aliphatic heterocycles. The van der Waals surface area contributed by atoms with E-state index < -0.39 is 5.60 Å². The van der Waals surface area contributed by atoms with Crippen LogP contribution in [0.25, 0.3) is 0 Å². The van der Waals surface area contributed by atoms with Crippen LogP contribution in [0.4, 0.5) is 5.82 Å². The second-order valence-corrected chi connectivity index (χ2v) is 5.61. The molecule has 1 aromatic rings. The predicted molar refractivity (Wildman–Crippen MR) is 71.6 cm³/mol. The lowest BCUT2D eigenvalue weighted by Gasteiger charge is -2.27. The summed E-state index contributed by atoms with van der Waals surface area (Å²) in [5.41, 5.74) is -0.0486. The SMILES string of the molecule is CSc1ncc(CO)c(NC2CCCC2(C)O)n1. The third kappa shape index (κ3) is 2.76. The van der Waals surface area contributed by atoms with Gasteiger partial charge in [-0.3, -0.25) is 0 Å². The predicted octanol–water partition coefficient (Wildman–Crippen LogP) is 1.41. The Bertz CT molecular complexity index is 426. The third-order valence-electron chi connectivity index (χ3n) is 3.43. The minimum atomic E-state index is -0.711. The lowest BCUT2D eigenvalue weighted by Crippen LogP contribution is -2.39. The Labute approximate surface area is 111 Å². The monoisotopic (exact) mass is 269 g/mol. The summed E-state index contributed by atoms with van der Waals surface area (Å²) in [6, 6.07) is -0.0209. The van der Waals surface area contributed by atoms with Crippen LogP contribution in [-0.2, 0) is 6.61 Å². The van der Waals surface area contributed by atoms with Crippen LogP contribution in [0.3, 0.4) is 0 Å². The highest BCUT2D eigenvalue weighted by Crippen LogP contribution is 2.32. The van der Waals surface area contributed by atoms with E-state index in [2.05, 4.69) is 15.3 Å². The first-order valence-electron chi connectivity index (χ1n) is 6.06. The van der Waals surface area contributed by atoms with Crippen molar-refractivity contribution in [3.63, 3.8) is 0 Å². The molecule has 0 amide bonds. The van der Waals surface area contributed by atoms with Gasteiger partial charge in [0.05, 0.1) is 18.2 Å². The normalized spacial score (nSPS) is 27.4. The lowest BCUT2D eigenvalue weighted by atomic mass is 10.0. The number of hydrogen-bond acceptors (Lipinski definition) is 6. The number of hydrogen-bond donors (Lipinski definition) is 3. The number of thioether (sulfide) groups is 1. The van der Waals surface area contributed by atoms with Crippen molar-refractivity contribution in [3.8, 4) is 0 Å². The molecule has 1 aliphatic carbocycles. The molecular formula is C12H19N3O2S. The van der Waals surface area contributed by atoms with Crippen molar-refractivity contribution in [3.05, 3.63) is 11.8 Å². The molecule has 3 N–H and O–H groups in total. The van der Waals surface area contributed by atoms with Crippen LogP contribution in [0, 0.1) is 0 Å². The fourth-order valence-electron chi connectivity index (χ4n) is 2.27. The van der Waals surface area contributed by atoms with E-state index in [9.17, 15) is 10.2 Å². The fraction of sp³-hybridized carbons (Fsp3) is 0.667. The molecule has 5 nitrogen and oxygen atoms in total. The van der Waals surface area contributed by atoms with Crippen LogP contribution in [0.1, 0.15) is 31.7 Å². The maximum absolute atomic E-state index is 10.2. The van der Waals surface area contributed by atoms with E-state index >= 15 is 0 Å². The molecule has 2 rings (SSSR count). The molecule has 6 heteroatoms. The van der Waals surface area contributed by atoms with Crippen LogP contribution < -0.4 is 5.32 Å². The molecule has 0 saturated heterocycles. The quantitative estimate of drug-likeness (QED) is 0.566. The summed E-state index contributed by atoms with van der Waals surface area (Å²) in [6.45, 7) is 1.73. The molecule has 0 aromatic carbocycles. The van der Waals surface area contributed by atoms with Gasteiger partial charge >= 0.3 is 0 Å². The molecule has 0 bridgehead atoms. The number of aromatic nitrogens is 2. The van der Waals surface area contributed by atoms with Gasteiger partial charge in [0, 0.05) is 11.8 Å². The minimum absolute atomic E-state index is 0.0209. The van der Waals surface area contributed by atoms with Crippen LogP contribution in [0.2, 0.25) is 0 Å². The van der Waals surface area contributed by atoms with Gasteiger partial charge in [-0.05, 0) is 32.4 Å². The van der Waals surface area contributed by atoms with Gasteiger partial charge in [0.15, 0.2) is 5.16 Å². The van der Waals surface area contributed by atoms with Crippen LogP contribution in [0.15, 0.2) is 11.4 Å². The third-order valence-corrected chi connectivity index (χ3v) is 3.99. The highest BCUT2D eigenvalue weighted by atomic mass is 32.2. The standard InChI is InChI=1S/C12H19N3O2S/c1-12(17)5-3-4-9(12)14-10-8(7-16)6-13-11(15-10)18-2/h6,9,16-17H,3-5,7H2,1-2H3,(H,13,14,15). The average Bonchev–Trinajstić information content (AvgIpc) is 2.68. The number of aliphatic hydroxyl groups excluding tert-OH is 1. The van der Waals surface area contributed by atoms with Gasteiger partial charge < -0.3 is 15.5 Å². The lowest BCUT2D eigenvalue weighted by molar-refractivity contribution is 0.0576. The van der Waals surface area contributed by atoms with E-state index in [1.165, 1.54) is 11.8 Å². The summed E-state index contributed by atoms with van der Waals surface area (Å²) < 4.78 is 0. The van der Waals surface area contributed by atoms with E-state index in [1.807, 2.05) is 13.2 Å². The highest BCUT2D eigenvalue weighted by molar-refractivity contribution is 7.98. The number of rotatable bonds is 4. The molecule has 1 heterocycles. The van der Waals surface area contributed by atoms with Gasteiger partial charge in [0.2, 0.25) is 0 Å². The summed E-state index contributed by atoms with van der Waals surface area (Å²) in [5, 5.41) is 23.4. The maximum atomic E-state index is 10.2. The molecule has 1 fully saturated rings. The molecule has 1 aliphatic rings. The summed E-state index contributed by atoms with van der Waals surface area (Å²) >= 11 is 1.45. The average molecular weight is 269 g/mol. The van der Waals surface area contributed by atoms with Crippen molar-refractivity contribution in [2.75, 3.05) is 11.6 Å². The van der Waals surface area contributed by atoms with E-state index in [0.717, 1.165) is 19.3 Å². The van der Waals surface area contributed by atoms with Crippen LogP contribution in [0.5, 0.6) is 0 Å². The number of nitrogens with one attached hydrogen (secondary N) is 1. The summed E-state index contributed by atoms with van der Waals surface area (Å²) in [6.07, 6.45) is 6.24. The van der Waals surface area contributed by atoms with Gasteiger partial charge in [-0.1, -0.05) is 11.8 Å². The molecule has 0 spiro atoms. The number of anilines is 1. The molecule has 1 saturated carbocycles. The first kappa shape index (κ1) is 13.6. The van der Waals surface area contributed by atoms with Gasteiger partial charge in [-0.25, -0.2) is 9.97 Å². The first-order chi connectivity index (χ1) is 8.56. The van der Waals surface area contributed by atoms with Crippen LogP contribution in [-0.4, -0.2) is 38.1 Å². The second kappa shape index (κ2) is 5.42. The van der Waals surface area contributed by atoms with Crippen molar-refractivity contribution >= 4 is 17.6 Å². The largest absolute Gasteiger partial charge is 0.391 e. The molecule has 2 unspecified atom stereocenters. The molecule has 1 aromatic heterocycles. The zero-order valence-corrected chi connectivity index (χ0v) is 11.5. The zero-order valence-electron chi connectivity index (χ0n) is 10.7. The van der Waals surface area contributed by atoms with Crippen molar-refractivity contribution in [1.82, 2.24) is 9.97 Å². The maximum Gasteiger partial charge on any atom is 0.189 e. The molecule has 2 atom stereocenters. The van der Waals surface area contributed by atoms with E-state index in [1.54, 1.807) is 6.20 Å². The molecule has 0 radical (unpaired) electrons. The van der Waals surface area contributed by atoms with E-state index in [4.69, 9.17) is 0 Å². The van der Waals surface area contributed by atoms with E-state index in [-0.39, 0.29) is 12.6 Å². The Hall–Kier alpha value is -0.850. The molecule has 100 valence electrons. The smallest absolute Gasteiger partial charge is 0.189 e. The van der Waals surface area contributed by atoms with Crippen LogP contribution >= 0.6 is 11.8 Å². The Morgan fingerprint density at radius 3 is 2.94 bits per heavy atom. The Balaban J connectivity index is 2.21. The first-order valence-corrected chi connectivity index (χ1v) is 7.29. The van der Waals surface area contributed by atoms with E-state index in [0.29, 0.717) is 16.5 Å².